The van der Waals surface area contributed by atoms with Gasteiger partial charge in [-0.2, -0.15) is 0 Å². The quantitative estimate of drug-likeness (QED) is 0.0912. The van der Waals surface area contributed by atoms with E-state index in [-0.39, 0.29) is 0 Å². The van der Waals surface area contributed by atoms with Crippen LogP contribution in [0.2, 0.25) is 0 Å². The standard InChI is InChI=1S/C49H33N.C45H31N.C43H29N/c1-2-10-34(11-3-1)35-22-28-41(29-23-35)48-32-43(36-20-24-39(25-21-36)46-18-8-14-37-12-4-6-16-44(37)46)33-49(50-48)42-30-26-40(27-31-42)47-19-9-15-38-13-5-7-17-45(38)47;1-3-10-32(11-4-1)34-20-26-39(27-21-34)44-30-41(31-45(46-44)40-28-22-35(23-29-40)33-12-5-2-6-13-33)36-18-24-38(25-19-36)43-17-9-15-37-14-7-8-16-42(37)43;1-2-10-30(11-3-1)31-22-26-36(27-23-31)42-28-37(29-43(44-42)41-19-9-15-34-13-5-7-17-40(34)41)32-20-24-35(25-21-32)39-18-8-14-33-12-4-6-16-38(33)39/h1-33H;1-31H;1-29H. The van der Waals surface area contributed by atoms with Crippen molar-refractivity contribution < 1.29 is 0 Å². The highest BCUT2D eigenvalue weighted by molar-refractivity contribution is 6.02. The van der Waals surface area contributed by atoms with Crippen LogP contribution in [0.15, 0.2) is 564 Å². The van der Waals surface area contributed by atoms with Crippen molar-refractivity contribution in [3.8, 4) is 190 Å². The molecule has 3 nitrogen and oxygen atoms in total. The first-order chi connectivity index (χ1) is 69.3. The molecule has 0 N–H and O–H groups in total. The predicted octanol–water partition coefficient (Wildman–Crippen LogP) is 37.3. The van der Waals surface area contributed by atoms with Crippen LogP contribution < -0.4 is 0 Å². The SMILES string of the molecule is c1ccc(-c2ccc(-c3cc(-c4ccc(-c5cccc6ccccc56)cc4)cc(-c4ccc(-c5cccc6ccccc56)cc4)n3)cc2)cc1.c1ccc(-c2ccc(-c3cc(-c4ccc(-c5cccc6ccccc56)cc4)cc(-c4ccc(-c5ccccc5)cc4)n3)cc2)cc1.c1ccc(-c2ccc(-c3cc(-c4ccc(-c5cccc6ccccc56)cc4)cc(-c4cccc5ccccc45)n3)cc2)cc1. The van der Waals surface area contributed by atoms with Crippen LogP contribution in [0.5, 0.6) is 0 Å². The van der Waals surface area contributed by atoms with Crippen LogP contribution in [-0.2, 0) is 0 Å². The van der Waals surface area contributed by atoms with Gasteiger partial charge in [0.05, 0.1) is 34.2 Å². The second-order valence-corrected chi connectivity index (χ2v) is 35.6. The van der Waals surface area contributed by atoms with Gasteiger partial charge in [-0.25, -0.2) is 15.0 Å². The molecule has 0 aliphatic heterocycles. The zero-order valence-corrected chi connectivity index (χ0v) is 77.0. The molecule has 25 rings (SSSR count). The molecule has 3 heteroatoms. The van der Waals surface area contributed by atoms with Crippen molar-refractivity contribution in [3.05, 3.63) is 564 Å². The molecule has 3 heterocycles. The highest BCUT2D eigenvalue weighted by atomic mass is 14.7. The first-order valence-corrected chi connectivity index (χ1v) is 47.9. The number of hydrogen-bond acceptors (Lipinski definition) is 3. The minimum absolute atomic E-state index is 0.951. The smallest absolute Gasteiger partial charge is 0.0721 e. The van der Waals surface area contributed by atoms with Gasteiger partial charge in [0, 0.05) is 33.4 Å². The number of rotatable bonds is 17. The number of benzene rings is 22. The van der Waals surface area contributed by atoms with Crippen LogP contribution in [0, 0.1) is 0 Å². The van der Waals surface area contributed by atoms with Gasteiger partial charge < -0.3 is 0 Å². The van der Waals surface area contributed by atoms with Gasteiger partial charge in [0.2, 0.25) is 0 Å². The molecule has 0 bridgehead atoms. The Morgan fingerprint density at radius 1 is 0.0857 bits per heavy atom. The van der Waals surface area contributed by atoms with Crippen molar-refractivity contribution in [2.45, 2.75) is 0 Å². The Morgan fingerprint density at radius 2 is 0.229 bits per heavy atom. The monoisotopic (exact) mass is 1780 g/mol. The summed E-state index contributed by atoms with van der Waals surface area (Å²) in [6.45, 7) is 0. The third-order valence-corrected chi connectivity index (χ3v) is 26.9. The molecule has 25 aromatic rings. The lowest BCUT2D eigenvalue weighted by Crippen LogP contribution is -1.92. The average Bonchev–Trinajstić information content (AvgIpc) is 0.776. The number of nitrogens with zero attached hydrogens (tertiary/aromatic N) is 3. The zero-order chi connectivity index (χ0) is 93.3. The van der Waals surface area contributed by atoms with Crippen LogP contribution in [0.3, 0.4) is 0 Å². The maximum absolute atomic E-state index is 5.25. The van der Waals surface area contributed by atoms with Gasteiger partial charge in [0.1, 0.15) is 0 Å². The van der Waals surface area contributed by atoms with Gasteiger partial charge in [0.25, 0.3) is 0 Å². The van der Waals surface area contributed by atoms with E-state index in [0.29, 0.717) is 0 Å². The van der Waals surface area contributed by atoms with E-state index in [0.717, 1.165) is 95.4 Å². The molecule has 0 saturated carbocycles. The molecule has 0 spiro atoms. The van der Waals surface area contributed by atoms with E-state index in [2.05, 4.69) is 564 Å². The maximum atomic E-state index is 5.25. The van der Waals surface area contributed by atoms with Crippen molar-refractivity contribution in [2.24, 2.45) is 0 Å². The molecule has 0 fully saturated rings. The van der Waals surface area contributed by atoms with Crippen LogP contribution in [0.4, 0.5) is 0 Å². The van der Waals surface area contributed by atoms with Gasteiger partial charge in [-0.1, -0.05) is 528 Å². The first-order valence-electron chi connectivity index (χ1n) is 47.9. The molecule has 22 aromatic carbocycles. The fourth-order valence-corrected chi connectivity index (χ4v) is 19.5. The molecule has 0 amide bonds. The Morgan fingerprint density at radius 3 is 0.450 bits per heavy atom. The number of aromatic nitrogens is 3. The summed E-state index contributed by atoms with van der Waals surface area (Å²) in [5, 5.41) is 12.5. The average molecular weight is 1780 g/mol. The van der Waals surface area contributed by atoms with Gasteiger partial charge in [-0.3, -0.25) is 0 Å². The minimum Gasteiger partial charge on any atom is -0.248 e. The third kappa shape index (κ3) is 18.4. The highest BCUT2D eigenvalue weighted by Gasteiger charge is 2.19. The summed E-state index contributed by atoms with van der Waals surface area (Å²) in [6, 6.07) is 201. The Kier molecular flexibility index (Phi) is 24.0. The molecule has 656 valence electrons. The van der Waals surface area contributed by atoms with E-state index >= 15 is 0 Å². The molecule has 0 aliphatic rings. The first kappa shape index (κ1) is 85.8. The molecule has 0 saturated heterocycles. The van der Waals surface area contributed by atoms with Crippen molar-refractivity contribution in [1.82, 2.24) is 15.0 Å². The Hall–Kier alpha value is -18.4. The van der Waals surface area contributed by atoms with E-state index in [1.165, 1.54) is 148 Å². The summed E-state index contributed by atoms with van der Waals surface area (Å²) >= 11 is 0. The lowest BCUT2D eigenvalue weighted by molar-refractivity contribution is 1.32. The second kappa shape index (κ2) is 39.3. The lowest BCUT2D eigenvalue weighted by atomic mass is 9.94. The van der Waals surface area contributed by atoms with Crippen molar-refractivity contribution >= 4 is 53.9 Å². The molecule has 0 unspecified atom stereocenters. The molecule has 3 aromatic heterocycles. The van der Waals surface area contributed by atoms with Crippen LogP contribution in [-0.4, -0.2) is 15.0 Å². The fourth-order valence-electron chi connectivity index (χ4n) is 19.5. The van der Waals surface area contributed by atoms with Gasteiger partial charge in [0.15, 0.2) is 0 Å². The number of pyridine rings is 3. The van der Waals surface area contributed by atoms with Crippen molar-refractivity contribution in [1.29, 1.82) is 0 Å². The normalized spacial score (nSPS) is 11.1. The van der Waals surface area contributed by atoms with E-state index in [1.54, 1.807) is 0 Å². The summed E-state index contributed by atoms with van der Waals surface area (Å²) in [5.74, 6) is 0. The van der Waals surface area contributed by atoms with Crippen molar-refractivity contribution in [2.75, 3.05) is 0 Å². The topological polar surface area (TPSA) is 38.7 Å². The van der Waals surface area contributed by atoms with E-state index in [9.17, 15) is 0 Å². The van der Waals surface area contributed by atoms with E-state index in [1.807, 2.05) is 0 Å². The summed E-state index contributed by atoms with van der Waals surface area (Å²) < 4.78 is 0. The zero-order valence-electron chi connectivity index (χ0n) is 77.0. The van der Waals surface area contributed by atoms with E-state index in [4.69, 9.17) is 15.0 Å². The Labute approximate surface area is 817 Å². The molecular weight excluding hydrogens is 1690 g/mol. The van der Waals surface area contributed by atoms with Crippen LogP contribution in [0.25, 0.3) is 244 Å². The summed E-state index contributed by atoms with van der Waals surface area (Å²) in [7, 11) is 0. The maximum Gasteiger partial charge on any atom is 0.0721 e. The minimum atomic E-state index is 0.951. The predicted molar refractivity (Wildman–Crippen MR) is 593 cm³/mol. The van der Waals surface area contributed by atoms with Gasteiger partial charge in [-0.05, 0) is 213 Å². The second-order valence-electron chi connectivity index (χ2n) is 35.6. The molecule has 0 atom stereocenters. The fraction of sp³-hybridized carbons (Fsp3) is 0. The summed E-state index contributed by atoms with van der Waals surface area (Å²) in [5.41, 5.74) is 38.7. The lowest BCUT2D eigenvalue weighted by Gasteiger charge is -2.13. The van der Waals surface area contributed by atoms with Gasteiger partial charge >= 0.3 is 0 Å². The van der Waals surface area contributed by atoms with Crippen LogP contribution >= 0.6 is 0 Å². The Bertz CT molecular complexity index is 8460. The molecule has 140 heavy (non-hydrogen) atoms. The summed E-state index contributed by atoms with van der Waals surface area (Å²) in [4.78, 5) is 15.7. The number of hydrogen-bond donors (Lipinski definition) is 0. The third-order valence-electron chi connectivity index (χ3n) is 26.9. The van der Waals surface area contributed by atoms with Crippen LogP contribution in [0.1, 0.15) is 0 Å². The summed E-state index contributed by atoms with van der Waals surface area (Å²) in [6.07, 6.45) is 0. The largest absolute Gasteiger partial charge is 0.248 e. The molecule has 0 radical (unpaired) electrons. The van der Waals surface area contributed by atoms with Gasteiger partial charge in [-0.15, -0.1) is 0 Å². The highest BCUT2D eigenvalue weighted by Crippen LogP contribution is 2.43. The molecular formula is C137H93N3. The molecule has 0 aliphatic carbocycles. The Balaban J connectivity index is 0.000000117. The van der Waals surface area contributed by atoms with E-state index < -0.39 is 0 Å². The van der Waals surface area contributed by atoms with Crippen molar-refractivity contribution in [3.63, 3.8) is 0 Å². The number of fused-ring (bicyclic) bond motifs is 5.